The number of amides is 1. The average Bonchev–Trinajstić information content (AvgIpc) is 3.22. The zero-order valence-corrected chi connectivity index (χ0v) is 27.3. The summed E-state index contributed by atoms with van der Waals surface area (Å²) in [5.41, 5.74) is -4.47. The number of aliphatic hydroxyl groups is 2. The third-order valence-electron chi connectivity index (χ3n) is 11.8. The Morgan fingerprint density at radius 3 is 2.29 bits per heavy atom. The standard InChI is InChI=1S/C33H54N2O7/c1-11-30(8)18-23(37)32(10)25-22(36)12-13-33(25,21(2)26(30)39)15-14-31(32,9)41-24(38)19-35-17-16-34(20-29(35,6)7)27(40)42-28(3,4)5/h11,21,23,25-26,37,39H,1,12-20H2,2-10H3. The van der Waals surface area contributed by atoms with Gasteiger partial charge in [-0.25, -0.2) is 4.79 Å². The van der Waals surface area contributed by atoms with Crippen LogP contribution in [0.5, 0.6) is 0 Å². The molecule has 1 saturated heterocycles. The molecule has 1 heterocycles. The molecular weight excluding hydrogens is 536 g/mol. The van der Waals surface area contributed by atoms with Crippen LogP contribution in [0.25, 0.3) is 0 Å². The largest absolute Gasteiger partial charge is 0.458 e. The summed E-state index contributed by atoms with van der Waals surface area (Å²) in [6.45, 7) is 22.6. The monoisotopic (exact) mass is 590 g/mol. The highest BCUT2D eigenvalue weighted by molar-refractivity contribution is 5.86. The van der Waals surface area contributed by atoms with Crippen LogP contribution in [-0.4, -0.2) is 93.0 Å². The zero-order valence-electron chi connectivity index (χ0n) is 27.3. The van der Waals surface area contributed by atoms with E-state index in [1.54, 1.807) is 11.0 Å². The number of nitrogens with zero attached hydrogens (tertiary/aromatic N) is 2. The molecule has 4 fully saturated rings. The summed E-state index contributed by atoms with van der Waals surface area (Å²) < 4.78 is 12.0. The van der Waals surface area contributed by atoms with E-state index in [-0.39, 0.29) is 30.8 Å². The second kappa shape index (κ2) is 10.6. The van der Waals surface area contributed by atoms with Crippen molar-refractivity contribution in [1.82, 2.24) is 9.80 Å². The minimum Gasteiger partial charge on any atom is -0.458 e. The maximum Gasteiger partial charge on any atom is 0.410 e. The molecule has 9 heteroatoms. The van der Waals surface area contributed by atoms with E-state index in [2.05, 4.69) is 6.58 Å². The maximum absolute atomic E-state index is 13.7. The fourth-order valence-electron chi connectivity index (χ4n) is 8.88. The molecule has 238 valence electrons. The van der Waals surface area contributed by atoms with E-state index in [4.69, 9.17) is 9.47 Å². The van der Waals surface area contributed by atoms with Crippen molar-refractivity contribution in [2.45, 2.75) is 123 Å². The summed E-state index contributed by atoms with van der Waals surface area (Å²) in [5, 5.41) is 23.5. The predicted octanol–water partition coefficient (Wildman–Crippen LogP) is 4.34. The van der Waals surface area contributed by atoms with Gasteiger partial charge in [0.05, 0.1) is 18.8 Å². The van der Waals surface area contributed by atoms with E-state index in [1.807, 2.05) is 67.2 Å². The molecular formula is C33H54N2O7. The number of aliphatic hydroxyl groups excluding tert-OH is 2. The van der Waals surface area contributed by atoms with Gasteiger partial charge in [-0.2, -0.15) is 0 Å². The molecule has 8 atom stereocenters. The van der Waals surface area contributed by atoms with Gasteiger partial charge in [0, 0.05) is 48.3 Å². The zero-order chi connectivity index (χ0) is 31.7. The van der Waals surface area contributed by atoms with E-state index >= 15 is 0 Å². The van der Waals surface area contributed by atoms with Crippen molar-refractivity contribution in [2.24, 2.45) is 28.1 Å². The van der Waals surface area contributed by atoms with Crippen LogP contribution < -0.4 is 0 Å². The van der Waals surface area contributed by atoms with Crippen LogP contribution in [0, 0.1) is 28.1 Å². The van der Waals surface area contributed by atoms with Crippen molar-refractivity contribution in [3.8, 4) is 0 Å². The van der Waals surface area contributed by atoms with Crippen molar-refractivity contribution < 1.29 is 34.1 Å². The van der Waals surface area contributed by atoms with Gasteiger partial charge >= 0.3 is 12.1 Å². The number of ketones is 1. The highest BCUT2D eigenvalue weighted by Crippen LogP contribution is 2.69. The van der Waals surface area contributed by atoms with E-state index in [0.29, 0.717) is 45.3 Å². The third-order valence-corrected chi connectivity index (χ3v) is 11.8. The van der Waals surface area contributed by atoms with Crippen LogP contribution in [0.1, 0.15) is 94.4 Å². The molecule has 4 aliphatic rings. The second-order valence-corrected chi connectivity index (χ2v) is 15.9. The number of rotatable bonds is 4. The van der Waals surface area contributed by atoms with Gasteiger partial charge in [-0.15, -0.1) is 6.58 Å². The van der Waals surface area contributed by atoms with E-state index < -0.39 is 57.1 Å². The molecule has 3 aliphatic carbocycles. The van der Waals surface area contributed by atoms with Gasteiger partial charge in [-0.1, -0.05) is 26.8 Å². The number of Topliss-reactive ketones (excluding diaryl/α,β-unsaturated/α-hetero) is 1. The van der Waals surface area contributed by atoms with Crippen LogP contribution in [0.3, 0.4) is 0 Å². The molecule has 1 aliphatic heterocycles. The van der Waals surface area contributed by atoms with Crippen molar-refractivity contribution >= 4 is 17.8 Å². The summed E-state index contributed by atoms with van der Waals surface area (Å²) in [5.74, 6) is -1.05. The van der Waals surface area contributed by atoms with Crippen LogP contribution in [0.15, 0.2) is 12.7 Å². The van der Waals surface area contributed by atoms with Crippen molar-refractivity contribution in [2.75, 3.05) is 26.2 Å². The van der Waals surface area contributed by atoms with Crippen LogP contribution >= 0.6 is 0 Å². The number of ether oxygens (including phenoxy) is 2. The maximum atomic E-state index is 13.7. The lowest BCUT2D eigenvalue weighted by Crippen LogP contribution is -2.69. The lowest BCUT2D eigenvalue weighted by atomic mass is 9.42. The molecule has 8 unspecified atom stereocenters. The Morgan fingerprint density at radius 1 is 1.07 bits per heavy atom. The van der Waals surface area contributed by atoms with Gasteiger partial charge in [0.15, 0.2) is 0 Å². The number of piperazine rings is 1. The Balaban J connectivity index is 1.58. The topological polar surface area (TPSA) is 117 Å². The first kappa shape index (κ1) is 32.9. The highest BCUT2D eigenvalue weighted by Gasteiger charge is 2.72. The fraction of sp³-hybridized carbons (Fsp3) is 0.848. The van der Waals surface area contributed by atoms with Crippen LogP contribution in [0.4, 0.5) is 4.79 Å². The summed E-state index contributed by atoms with van der Waals surface area (Å²) in [7, 11) is 0. The molecule has 0 spiro atoms. The quantitative estimate of drug-likeness (QED) is 0.367. The Kier molecular flexibility index (Phi) is 8.30. The lowest BCUT2D eigenvalue weighted by Gasteiger charge is -2.64. The first-order chi connectivity index (χ1) is 19.2. The molecule has 9 nitrogen and oxygen atoms in total. The van der Waals surface area contributed by atoms with E-state index in [9.17, 15) is 24.6 Å². The number of hydrogen-bond acceptors (Lipinski definition) is 8. The van der Waals surface area contributed by atoms with Crippen LogP contribution in [-0.2, 0) is 19.1 Å². The van der Waals surface area contributed by atoms with Gasteiger partial charge in [0.25, 0.3) is 0 Å². The summed E-state index contributed by atoms with van der Waals surface area (Å²) in [6, 6.07) is 0. The average molecular weight is 591 g/mol. The number of hydrogen-bond donors (Lipinski definition) is 2. The second-order valence-electron chi connectivity index (χ2n) is 15.9. The molecule has 0 radical (unpaired) electrons. The summed E-state index contributed by atoms with van der Waals surface area (Å²) >= 11 is 0. The molecule has 2 N–H and O–H groups in total. The molecule has 0 aromatic rings. The third kappa shape index (κ3) is 5.21. The van der Waals surface area contributed by atoms with Crippen molar-refractivity contribution in [1.29, 1.82) is 0 Å². The normalized spacial score (nSPS) is 42.3. The molecule has 3 saturated carbocycles. The molecule has 42 heavy (non-hydrogen) atoms. The fourth-order valence-corrected chi connectivity index (χ4v) is 8.88. The Hall–Kier alpha value is -1.97. The van der Waals surface area contributed by atoms with Crippen molar-refractivity contribution in [3.05, 3.63) is 12.7 Å². The molecule has 4 rings (SSSR count). The van der Waals surface area contributed by atoms with Gasteiger partial charge in [-0.05, 0) is 78.6 Å². The highest BCUT2D eigenvalue weighted by atomic mass is 16.6. The summed E-state index contributed by atoms with van der Waals surface area (Å²) in [6.07, 6.45) is 2.00. The number of esters is 1. The van der Waals surface area contributed by atoms with Gasteiger partial charge in [0.2, 0.25) is 0 Å². The smallest absolute Gasteiger partial charge is 0.410 e. The number of carbonyl (C=O) groups excluding carboxylic acids is 3. The molecule has 0 aromatic heterocycles. The van der Waals surface area contributed by atoms with E-state index in [1.165, 1.54) is 0 Å². The summed E-state index contributed by atoms with van der Waals surface area (Å²) in [4.78, 5) is 43.8. The minimum absolute atomic E-state index is 0.0279. The number of carbonyl (C=O) groups is 3. The SMILES string of the molecule is C=CC1(C)CC(O)C2(C)C3C(=O)CCC3(CCC2(C)OC(=O)CN2CCN(C(=O)OC(C)(C)C)CC2(C)C)C(C)C1O. The van der Waals surface area contributed by atoms with Gasteiger partial charge in [-0.3, -0.25) is 14.5 Å². The minimum atomic E-state index is -1.09. The Labute approximate surface area is 252 Å². The lowest BCUT2D eigenvalue weighted by molar-refractivity contribution is -0.253. The molecule has 2 bridgehead atoms. The first-order valence-electron chi connectivity index (χ1n) is 15.6. The van der Waals surface area contributed by atoms with Crippen molar-refractivity contribution in [3.63, 3.8) is 0 Å². The first-order valence-corrected chi connectivity index (χ1v) is 15.6. The van der Waals surface area contributed by atoms with E-state index in [0.717, 1.165) is 0 Å². The Morgan fingerprint density at radius 2 is 1.71 bits per heavy atom. The Bertz CT molecular complexity index is 1120. The van der Waals surface area contributed by atoms with Gasteiger partial charge in [0.1, 0.15) is 17.0 Å². The predicted molar refractivity (Wildman–Crippen MR) is 160 cm³/mol. The van der Waals surface area contributed by atoms with Crippen LogP contribution in [0.2, 0.25) is 0 Å². The van der Waals surface area contributed by atoms with Gasteiger partial charge < -0.3 is 24.6 Å². The molecule has 1 amide bonds. The molecule has 0 aromatic carbocycles.